The number of benzene rings is 1. The number of hydrogen-bond donors (Lipinski definition) is 1. The monoisotopic (exact) mass is 366 g/mol. The van der Waals surface area contributed by atoms with Crippen LogP contribution in [0.15, 0.2) is 64.7 Å². The highest BCUT2D eigenvalue weighted by atomic mass is 35.5. The van der Waals surface area contributed by atoms with Crippen LogP contribution in [0, 0.1) is 0 Å². The molecule has 0 fully saturated rings. The van der Waals surface area contributed by atoms with E-state index in [2.05, 4.69) is 15.4 Å². The molecule has 5 rings (SSSR count). The van der Waals surface area contributed by atoms with Gasteiger partial charge in [-0.1, -0.05) is 23.7 Å². The number of furan rings is 1. The molecule has 2 atom stereocenters. The normalized spacial score (nSPS) is 22.0. The number of aromatic nitrogens is 3. The predicted molar refractivity (Wildman–Crippen MR) is 96.0 cm³/mol. The van der Waals surface area contributed by atoms with E-state index in [1.54, 1.807) is 10.9 Å². The zero-order valence-electron chi connectivity index (χ0n) is 13.7. The van der Waals surface area contributed by atoms with Crippen LogP contribution < -0.4 is 5.32 Å². The Kier molecular flexibility index (Phi) is 3.46. The van der Waals surface area contributed by atoms with Crippen LogP contribution in [0.2, 0.25) is 5.02 Å². The van der Waals surface area contributed by atoms with Crippen molar-refractivity contribution in [2.45, 2.75) is 24.8 Å². The van der Waals surface area contributed by atoms with Gasteiger partial charge in [0.15, 0.2) is 5.78 Å². The summed E-state index contributed by atoms with van der Waals surface area (Å²) in [6.45, 7) is 0. The maximum Gasteiger partial charge on any atom is 0.226 e. The number of halogens is 1. The average Bonchev–Trinajstić information content (AvgIpc) is 3.32. The van der Waals surface area contributed by atoms with Crippen LogP contribution >= 0.6 is 11.6 Å². The van der Waals surface area contributed by atoms with E-state index in [4.69, 9.17) is 16.0 Å². The summed E-state index contributed by atoms with van der Waals surface area (Å²) in [4.78, 5) is 17.4. The number of carbonyl (C=O) groups excluding carboxylic acids is 1. The van der Waals surface area contributed by atoms with Crippen molar-refractivity contribution in [2.24, 2.45) is 0 Å². The fraction of sp³-hybridized carbons (Fsp3) is 0.211. The van der Waals surface area contributed by atoms with Crippen LogP contribution in [-0.4, -0.2) is 20.5 Å². The first-order valence-corrected chi connectivity index (χ1v) is 8.80. The molecule has 0 saturated heterocycles. The van der Waals surface area contributed by atoms with Gasteiger partial charge in [-0.05, 0) is 36.2 Å². The number of ketones is 1. The summed E-state index contributed by atoms with van der Waals surface area (Å²) >= 11 is 6.04. The van der Waals surface area contributed by atoms with E-state index >= 15 is 0 Å². The molecule has 3 heterocycles. The Morgan fingerprint density at radius 1 is 1.19 bits per heavy atom. The number of anilines is 1. The molecule has 130 valence electrons. The molecule has 0 spiro atoms. The third-order valence-electron chi connectivity index (χ3n) is 4.99. The second-order valence-corrected chi connectivity index (χ2v) is 6.98. The molecule has 1 aliphatic heterocycles. The second-order valence-electron chi connectivity index (χ2n) is 6.54. The van der Waals surface area contributed by atoms with Crippen LogP contribution in [0.1, 0.15) is 36.1 Å². The topological polar surface area (TPSA) is 73.0 Å². The molecular weight excluding hydrogens is 352 g/mol. The molecule has 1 aliphatic carbocycles. The Balaban J connectivity index is 1.62. The third kappa shape index (κ3) is 2.37. The highest BCUT2D eigenvalue weighted by Gasteiger charge is 2.39. The first-order chi connectivity index (χ1) is 12.7. The predicted octanol–water partition coefficient (Wildman–Crippen LogP) is 3.94. The molecule has 0 saturated carbocycles. The van der Waals surface area contributed by atoms with Gasteiger partial charge in [0.2, 0.25) is 5.95 Å². The molecule has 2 aliphatic rings. The van der Waals surface area contributed by atoms with E-state index in [1.165, 1.54) is 6.33 Å². The van der Waals surface area contributed by atoms with Gasteiger partial charge in [-0.25, -0.2) is 4.68 Å². The van der Waals surface area contributed by atoms with Gasteiger partial charge >= 0.3 is 0 Å². The number of nitrogens with one attached hydrogen (secondary N) is 1. The van der Waals surface area contributed by atoms with Crippen LogP contribution in [0.3, 0.4) is 0 Å². The first-order valence-electron chi connectivity index (χ1n) is 8.42. The van der Waals surface area contributed by atoms with Crippen molar-refractivity contribution < 1.29 is 9.21 Å². The number of Topliss-reactive ketones (excluding diaryl/α,β-unsaturated/α-hetero) is 1. The summed E-state index contributed by atoms with van der Waals surface area (Å²) in [5.41, 5.74) is 2.59. The van der Waals surface area contributed by atoms with E-state index in [0.717, 1.165) is 22.6 Å². The Labute approximate surface area is 154 Å². The van der Waals surface area contributed by atoms with Crippen LogP contribution in [-0.2, 0) is 4.79 Å². The maximum atomic E-state index is 13.1. The van der Waals surface area contributed by atoms with Gasteiger partial charge in [0.1, 0.15) is 18.1 Å². The lowest BCUT2D eigenvalue weighted by Gasteiger charge is -2.34. The second kappa shape index (κ2) is 5.85. The Bertz CT molecular complexity index is 1000. The molecule has 0 amide bonds. The molecular formula is C19H15ClN4O2. The lowest BCUT2D eigenvalue weighted by molar-refractivity contribution is -0.117. The molecule has 1 N–H and O–H groups in total. The van der Waals surface area contributed by atoms with Gasteiger partial charge < -0.3 is 9.73 Å². The number of fused-ring (bicyclic) bond motifs is 1. The Hall–Kier alpha value is -2.86. The molecule has 0 radical (unpaired) electrons. The summed E-state index contributed by atoms with van der Waals surface area (Å²) in [6.07, 6.45) is 4.26. The standard InChI is InChI=1S/C19H15ClN4O2/c20-13-5-3-11(4-6-13)18-17-14(23-19-21-10-22-24(18)19)8-12(9-15(17)25)16-2-1-7-26-16/h1-7,10,12,18H,8-9H2,(H,21,22,23)/t12-,18+/m1/s1. The fourth-order valence-corrected chi connectivity index (χ4v) is 3.96. The smallest absolute Gasteiger partial charge is 0.226 e. The van der Waals surface area contributed by atoms with Gasteiger partial charge in [-0.3, -0.25) is 4.79 Å². The molecule has 0 bridgehead atoms. The molecule has 7 heteroatoms. The minimum absolute atomic E-state index is 0.0316. The van der Waals surface area contributed by atoms with Crippen LogP contribution in [0.25, 0.3) is 0 Å². The highest BCUT2D eigenvalue weighted by Crippen LogP contribution is 2.43. The summed E-state index contributed by atoms with van der Waals surface area (Å²) in [6, 6.07) is 11.0. The number of nitrogens with zero attached hydrogens (tertiary/aromatic N) is 3. The number of allylic oxidation sites excluding steroid dienone is 2. The van der Waals surface area contributed by atoms with E-state index in [9.17, 15) is 4.79 Å². The maximum absolute atomic E-state index is 13.1. The van der Waals surface area contributed by atoms with Gasteiger partial charge in [0.25, 0.3) is 0 Å². The van der Waals surface area contributed by atoms with Crippen LogP contribution in [0.4, 0.5) is 5.95 Å². The molecule has 1 aromatic carbocycles. The van der Waals surface area contributed by atoms with Crippen molar-refractivity contribution in [1.82, 2.24) is 14.8 Å². The van der Waals surface area contributed by atoms with Gasteiger partial charge in [0, 0.05) is 28.6 Å². The summed E-state index contributed by atoms with van der Waals surface area (Å²) < 4.78 is 7.29. The van der Waals surface area contributed by atoms with E-state index in [0.29, 0.717) is 23.8 Å². The zero-order chi connectivity index (χ0) is 17.7. The zero-order valence-corrected chi connectivity index (χ0v) is 14.5. The van der Waals surface area contributed by atoms with Crippen molar-refractivity contribution in [3.8, 4) is 0 Å². The minimum atomic E-state index is -0.300. The van der Waals surface area contributed by atoms with Crippen molar-refractivity contribution in [2.75, 3.05) is 5.32 Å². The van der Waals surface area contributed by atoms with E-state index in [1.807, 2.05) is 36.4 Å². The van der Waals surface area contributed by atoms with Crippen molar-refractivity contribution >= 4 is 23.3 Å². The minimum Gasteiger partial charge on any atom is -0.469 e. The van der Waals surface area contributed by atoms with E-state index < -0.39 is 0 Å². The van der Waals surface area contributed by atoms with Gasteiger partial charge in [-0.15, -0.1) is 0 Å². The summed E-state index contributed by atoms with van der Waals surface area (Å²) in [5, 5.41) is 8.29. The molecule has 6 nitrogen and oxygen atoms in total. The fourth-order valence-electron chi connectivity index (χ4n) is 3.83. The largest absolute Gasteiger partial charge is 0.469 e. The number of carbonyl (C=O) groups is 1. The number of hydrogen-bond acceptors (Lipinski definition) is 5. The molecule has 26 heavy (non-hydrogen) atoms. The summed E-state index contributed by atoms with van der Waals surface area (Å²) in [7, 11) is 0. The van der Waals surface area contributed by atoms with Crippen molar-refractivity contribution in [1.29, 1.82) is 0 Å². The van der Waals surface area contributed by atoms with Crippen molar-refractivity contribution in [3.63, 3.8) is 0 Å². The SMILES string of the molecule is O=C1C[C@H](c2ccco2)CC2=C1[C@H](c1ccc(Cl)cc1)n1ncnc1N2. The third-order valence-corrected chi connectivity index (χ3v) is 5.24. The van der Waals surface area contributed by atoms with Crippen molar-refractivity contribution in [3.05, 3.63) is 76.6 Å². The lowest BCUT2D eigenvalue weighted by atomic mass is 9.79. The van der Waals surface area contributed by atoms with Gasteiger partial charge in [0.05, 0.1) is 6.26 Å². The van der Waals surface area contributed by atoms with Crippen LogP contribution in [0.5, 0.6) is 0 Å². The molecule has 0 unspecified atom stereocenters. The quantitative estimate of drug-likeness (QED) is 0.743. The van der Waals surface area contributed by atoms with E-state index in [-0.39, 0.29) is 17.7 Å². The summed E-state index contributed by atoms with van der Waals surface area (Å²) in [5.74, 6) is 1.60. The Morgan fingerprint density at radius 3 is 2.81 bits per heavy atom. The lowest BCUT2D eigenvalue weighted by Crippen LogP contribution is -2.33. The van der Waals surface area contributed by atoms with Gasteiger partial charge in [-0.2, -0.15) is 10.1 Å². The highest BCUT2D eigenvalue weighted by molar-refractivity contribution is 6.30. The molecule has 3 aromatic rings. The first kappa shape index (κ1) is 15.4. The average molecular weight is 367 g/mol. The molecule has 2 aromatic heterocycles. The Morgan fingerprint density at radius 2 is 2.04 bits per heavy atom. The number of rotatable bonds is 2.